The van der Waals surface area contributed by atoms with Gasteiger partial charge in [-0.1, -0.05) is 78.3 Å². The summed E-state index contributed by atoms with van der Waals surface area (Å²) in [6.07, 6.45) is 11.8. The topological polar surface area (TPSA) is 42.4 Å². The number of hydrogen-bond acceptors (Lipinski definition) is 3. The van der Waals surface area contributed by atoms with E-state index < -0.39 is 0 Å². The third-order valence-electron chi connectivity index (χ3n) is 7.98. The van der Waals surface area contributed by atoms with Crippen LogP contribution in [0.4, 0.5) is 17.1 Å². The standard InChI is InChI=1S/C35H29BN2O/c1-3-23-10-8-11-24(20-23)38-31-16-6-5-15-30(31)36-34-28(18-22(2)19-32(34)38)26-13-9-14-27(35(26)37)29-21-39-33-17-7-4-12-25(29)33/h3-9,11-21,36H,10,37H2,1-2H3/b23-3-. The number of nitrogens with two attached hydrogens (primary N) is 1. The van der Waals surface area contributed by atoms with Gasteiger partial charge in [-0.2, -0.15) is 0 Å². The van der Waals surface area contributed by atoms with Crippen LogP contribution in [0, 0.1) is 6.92 Å². The van der Waals surface area contributed by atoms with E-state index in [1.807, 2.05) is 24.5 Å². The summed E-state index contributed by atoms with van der Waals surface area (Å²) in [6.45, 7) is 4.29. The Morgan fingerprint density at radius 2 is 1.67 bits per heavy atom. The molecule has 4 aromatic carbocycles. The number of rotatable bonds is 3. The first kappa shape index (κ1) is 23.4. The first-order valence-electron chi connectivity index (χ1n) is 13.5. The predicted molar refractivity (Wildman–Crippen MR) is 167 cm³/mol. The van der Waals surface area contributed by atoms with Crippen LogP contribution in [0.5, 0.6) is 0 Å². The zero-order valence-electron chi connectivity index (χ0n) is 22.2. The molecule has 0 atom stereocenters. The van der Waals surface area contributed by atoms with Gasteiger partial charge in [0.25, 0.3) is 0 Å². The predicted octanol–water partition coefficient (Wildman–Crippen LogP) is 7.29. The van der Waals surface area contributed by atoms with E-state index in [9.17, 15) is 0 Å². The number of nitrogen functional groups attached to an aromatic ring is 1. The summed E-state index contributed by atoms with van der Waals surface area (Å²) >= 11 is 0. The van der Waals surface area contributed by atoms with Crippen molar-refractivity contribution >= 4 is 46.2 Å². The minimum atomic E-state index is 0.773. The van der Waals surface area contributed by atoms with Gasteiger partial charge in [-0.15, -0.1) is 0 Å². The average Bonchev–Trinajstić information content (AvgIpc) is 3.40. The van der Waals surface area contributed by atoms with Crippen molar-refractivity contribution in [2.45, 2.75) is 20.3 Å². The molecule has 1 aliphatic carbocycles. The van der Waals surface area contributed by atoms with Gasteiger partial charge in [0.15, 0.2) is 7.28 Å². The molecule has 1 aromatic heterocycles. The highest BCUT2D eigenvalue weighted by atomic mass is 16.3. The van der Waals surface area contributed by atoms with E-state index in [1.54, 1.807) is 0 Å². The van der Waals surface area contributed by atoms with E-state index in [1.165, 1.54) is 44.7 Å². The second-order valence-corrected chi connectivity index (χ2v) is 10.4. The number of para-hydroxylation sites is 3. The largest absolute Gasteiger partial charge is 0.464 e. The molecule has 2 N–H and O–H groups in total. The maximum atomic E-state index is 7.00. The van der Waals surface area contributed by atoms with Gasteiger partial charge in [0, 0.05) is 44.8 Å². The Kier molecular flexibility index (Phi) is 5.55. The number of allylic oxidation sites excluding steroid dienone is 5. The summed E-state index contributed by atoms with van der Waals surface area (Å²) in [5, 5.41) is 1.07. The van der Waals surface area contributed by atoms with Crippen LogP contribution in [0.3, 0.4) is 0 Å². The van der Waals surface area contributed by atoms with E-state index >= 15 is 0 Å². The molecule has 2 heterocycles. The molecule has 4 heteroatoms. The smallest absolute Gasteiger partial charge is 0.198 e. The van der Waals surface area contributed by atoms with Crippen LogP contribution in [0.15, 0.2) is 125 Å². The number of hydrogen-bond donors (Lipinski definition) is 1. The molecule has 0 spiro atoms. The van der Waals surface area contributed by atoms with Crippen LogP contribution in [0.1, 0.15) is 18.9 Å². The van der Waals surface area contributed by atoms with Crippen molar-refractivity contribution < 1.29 is 4.42 Å². The highest BCUT2D eigenvalue weighted by Crippen LogP contribution is 2.41. The van der Waals surface area contributed by atoms with Crippen LogP contribution in [0.25, 0.3) is 33.2 Å². The fraction of sp³-hybridized carbons (Fsp3) is 0.0857. The van der Waals surface area contributed by atoms with E-state index in [0.717, 1.165) is 47.0 Å². The highest BCUT2D eigenvalue weighted by molar-refractivity contribution is 6.73. The number of nitrogens with zero attached hydrogens (tertiary/aromatic N) is 1. The summed E-state index contributed by atoms with van der Waals surface area (Å²) in [5.41, 5.74) is 21.7. The molecule has 0 saturated heterocycles. The molecular formula is C35H29BN2O. The molecule has 188 valence electrons. The minimum absolute atomic E-state index is 0.773. The number of anilines is 3. The average molecular weight is 504 g/mol. The zero-order chi connectivity index (χ0) is 26.5. The lowest BCUT2D eigenvalue weighted by atomic mass is 9.58. The monoisotopic (exact) mass is 504 g/mol. The maximum absolute atomic E-state index is 7.00. The highest BCUT2D eigenvalue weighted by Gasteiger charge is 2.29. The second kappa shape index (κ2) is 9.25. The SMILES string of the molecule is C/C=C1\C=C(N2c3ccccc3Bc3c(-c4cccc(-c5coc6ccccc56)c4N)cc(C)cc32)C=CC1. The van der Waals surface area contributed by atoms with Gasteiger partial charge in [-0.3, -0.25) is 0 Å². The lowest BCUT2D eigenvalue weighted by Crippen LogP contribution is -2.42. The fourth-order valence-electron chi connectivity index (χ4n) is 6.07. The lowest BCUT2D eigenvalue weighted by molar-refractivity contribution is 0.617. The summed E-state index contributed by atoms with van der Waals surface area (Å²) < 4.78 is 5.87. The summed E-state index contributed by atoms with van der Waals surface area (Å²) in [6, 6.07) is 27.8. The van der Waals surface area contributed by atoms with Crippen molar-refractivity contribution in [3.8, 4) is 22.3 Å². The van der Waals surface area contributed by atoms with E-state index in [4.69, 9.17) is 10.2 Å². The van der Waals surface area contributed by atoms with Gasteiger partial charge in [0.2, 0.25) is 0 Å². The molecule has 0 radical (unpaired) electrons. The maximum Gasteiger partial charge on any atom is 0.198 e. The van der Waals surface area contributed by atoms with Crippen molar-refractivity contribution in [1.29, 1.82) is 0 Å². The normalized spacial score (nSPS) is 15.2. The van der Waals surface area contributed by atoms with Crippen molar-refractivity contribution in [3.05, 3.63) is 126 Å². The molecular weight excluding hydrogens is 475 g/mol. The van der Waals surface area contributed by atoms with Crippen molar-refractivity contribution in [2.24, 2.45) is 0 Å². The zero-order valence-corrected chi connectivity index (χ0v) is 22.2. The third kappa shape index (κ3) is 3.83. The quantitative estimate of drug-likeness (QED) is 0.207. The first-order chi connectivity index (χ1) is 19.1. The van der Waals surface area contributed by atoms with Crippen LogP contribution in [-0.2, 0) is 0 Å². The van der Waals surface area contributed by atoms with Crippen LogP contribution in [0.2, 0.25) is 0 Å². The van der Waals surface area contributed by atoms with Gasteiger partial charge >= 0.3 is 0 Å². The molecule has 2 aliphatic rings. The van der Waals surface area contributed by atoms with Crippen LogP contribution >= 0.6 is 0 Å². The molecule has 1 aliphatic heterocycles. The van der Waals surface area contributed by atoms with Gasteiger partial charge in [-0.25, -0.2) is 0 Å². The Morgan fingerprint density at radius 3 is 2.54 bits per heavy atom. The van der Waals surface area contributed by atoms with Gasteiger partial charge < -0.3 is 15.1 Å². The molecule has 0 fully saturated rings. The number of benzene rings is 4. The van der Waals surface area contributed by atoms with Gasteiger partial charge in [-0.05, 0) is 72.8 Å². The van der Waals surface area contributed by atoms with Crippen molar-refractivity contribution in [1.82, 2.24) is 0 Å². The minimum Gasteiger partial charge on any atom is -0.464 e. The Labute approximate surface area is 229 Å². The van der Waals surface area contributed by atoms with E-state index in [2.05, 4.69) is 104 Å². The molecule has 7 rings (SSSR count). The van der Waals surface area contributed by atoms with Gasteiger partial charge in [0.05, 0.1) is 6.26 Å². The van der Waals surface area contributed by atoms with Crippen LogP contribution < -0.4 is 21.6 Å². The Bertz CT molecular complexity index is 1860. The molecule has 0 unspecified atom stereocenters. The third-order valence-corrected chi connectivity index (χ3v) is 7.98. The number of fused-ring (bicyclic) bond motifs is 3. The molecule has 0 amide bonds. The Morgan fingerprint density at radius 1 is 0.872 bits per heavy atom. The Balaban J connectivity index is 1.45. The van der Waals surface area contributed by atoms with Crippen molar-refractivity contribution in [3.63, 3.8) is 0 Å². The van der Waals surface area contributed by atoms with E-state index in [0.29, 0.717) is 0 Å². The Hall–Kier alpha value is -4.70. The first-order valence-corrected chi connectivity index (χ1v) is 13.5. The molecule has 0 bridgehead atoms. The van der Waals surface area contributed by atoms with Crippen LogP contribution in [-0.4, -0.2) is 7.28 Å². The van der Waals surface area contributed by atoms with Gasteiger partial charge in [0.1, 0.15) is 5.58 Å². The fourth-order valence-corrected chi connectivity index (χ4v) is 6.07. The summed E-state index contributed by atoms with van der Waals surface area (Å²) in [5.74, 6) is 0. The number of furan rings is 1. The van der Waals surface area contributed by atoms with E-state index in [-0.39, 0.29) is 0 Å². The number of aryl methyl sites for hydroxylation is 1. The summed E-state index contributed by atoms with van der Waals surface area (Å²) in [7, 11) is 0.851. The summed E-state index contributed by atoms with van der Waals surface area (Å²) in [4.78, 5) is 2.42. The molecule has 5 aromatic rings. The molecule has 39 heavy (non-hydrogen) atoms. The second-order valence-electron chi connectivity index (χ2n) is 10.4. The molecule has 3 nitrogen and oxygen atoms in total. The van der Waals surface area contributed by atoms with Crippen molar-refractivity contribution in [2.75, 3.05) is 10.6 Å². The molecule has 0 saturated carbocycles. The lowest BCUT2D eigenvalue weighted by Gasteiger charge is -2.36.